The molecule has 0 unspecified atom stereocenters. The molecule has 4 amide bonds. The third-order valence-electron chi connectivity index (χ3n) is 10.4. The topological polar surface area (TPSA) is 123 Å². The second kappa shape index (κ2) is 23.9. The molecule has 8 rings (SSSR count). The van der Waals surface area contributed by atoms with Crippen LogP contribution in [-0.2, 0) is 25.9 Å². The maximum atomic E-state index is 15.5. The molecule has 0 saturated carbocycles. The zero-order valence-electron chi connectivity index (χ0n) is 34.9. The van der Waals surface area contributed by atoms with Crippen molar-refractivity contribution in [3.05, 3.63) is 170 Å². The molecule has 0 aliphatic carbocycles. The van der Waals surface area contributed by atoms with Gasteiger partial charge in [-0.1, -0.05) is 73.1 Å². The van der Waals surface area contributed by atoms with Gasteiger partial charge < -0.3 is 35.1 Å². The Morgan fingerprint density at radius 3 is 1.63 bits per heavy atom. The van der Waals surface area contributed by atoms with Crippen LogP contribution in [0.5, 0.6) is 11.5 Å². The van der Waals surface area contributed by atoms with E-state index in [0.717, 1.165) is 16.0 Å². The van der Waals surface area contributed by atoms with Crippen LogP contribution in [0.1, 0.15) is 41.1 Å². The maximum Gasteiger partial charge on any atom is 0.318 e. The fourth-order valence-electron chi connectivity index (χ4n) is 7.23. The number of rotatable bonds is 12. The lowest BCUT2D eigenvalue weighted by Gasteiger charge is -2.15. The number of benzene rings is 4. The van der Waals surface area contributed by atoms with Gasteiger partial charge in [-0.05, 0) is 76.3 Å². The number of aromatic nitrogens is 2. The fraction of sp³-hybridized carbons (Fsp3) is 0.250. The number of nitrogens with one attached hydrogen (secondary N) is 2. The van der Waals surface area contributed by atoms with E-state index in [0.29, 0.717) is 105 Å². The quantitative estimate of drug-likeness (QED) is 0.0715. The SMILES string of the molecule is C.COc1ccc(Cc2ccc(CN3CCNC3=O)[n+]([O-])c2)c(F)c1-c1cccc(Cl)c1.COc1ccc(Cc2ccc(CN3CCNC3=O)nc2)c(F)c1-c1cccc(Cl)c1.ClCCl. The van der Waals surface area contributed by atoms with Crippen molar-refractivity contribution in [1.29, 1.82) is 0 Å². The fourth-order valence-corrected chi connectivity index (χ4v) is 7.61. The molecule has 342 valence electrons. The molecule has 4 heterocycles. The summed E-state index contributed by atoms with van der Waals surface area (Å²) >= 11 is 21.7. The molecule has 2 N–H and O–H groups in total. The molecule has 2 aliphatic heterocycles. The van der Waals surface area contributed by atoms with Gasteiger partial charge in [-0.2, -0.15) is 4.73 Å². The highest BCUT2D eigenvalue weighted by Gasteiger charge is 2.24. The van der Waals surface area contributed by atoms with Crippen molar-refractivity contribution in [2.75, 3.05) is 45.7 Å². The number of hydrogen-bond acceptors (Lipinski definition) is 6. The molecule has 4 aromatic carbocycles. The van der Waals surface area contributed by atoms with Crippen LogP contribution in [0.25, 0.3) is 22.3 Å². The summed E-state index contributed by atoms with van der Waals surface area (Å²) in [5.41, 5.74) is 5.76. The van der Waals surface area contributed by atoms with E-state index in [1.165, 1.54) is 20.4 Å². The highest BCUT2D eigenvalue weighted by molar-refractivity contribution is 6.40. The summed E-state index contributed by atoms with van der Waals surface area (Å²) in [5.74, 6) is 0.101. The van der Waals surface area contributed by atoms with E-state index in [4.69, 9.17) is 55.9 Å². The summed E-state index contributed by atoms with van der Waals surface area (Å²) in [5, 5.41) is 19.2. The standard InChI is InChI=1S/C23H21ClFN3O3.C23H21ClFN3O2.CH2Cl2.CH4/c1-31-20-8-6-17(22(25)21(20)16-3-2-4-18(24)12-16)11-15-5-7-19(28(30)13-15)14-27-10-9-26-23(27)29;1-30-20-8-6-17(22(25)21(20)16-3-2-4-18(24)12-16)11-15-5-7-19(27-13-15)14-28-10-9-26-23(28)29;2-1-3;/h2-8,12-13H,9-11,14H2,1H3,(H,26,29);2-8,12-13H,9-11,14H2,1H3,(H,26,29);1H2;1H4. The molecule has 17 heteroatoms. The molecule has 2 fully saturated rings. The van der Waals surface area contributed by atoms with Crippen molar-refractivity contribution < 1.29 is 32.6 Å². The predicted molar refractivity (Wildman–Crippen MR) is 253 cm³/mol. The Morgan fingerprint density at radius 1 is 0.708 bits per heavy atom. The van der Waals surface area contributed by atoms with Crippen molar-refractivity contribution in [3.8, 4) is 33.8 Å². The van der Waals surface area contributed by atoms with Crippen molar-refractivity contribution >= 4 is 58.5 Å². The summed E-state index contributed by atoms with van der Waals surface area (Å²) in [4.78, 5) is 31.1. The van der Waals surface area contributed by atoms with Crippen LogP contribution in [0, 0.1) is 16.8 Å². The molecule has 0 spiro atoms. The molecular formula is C48H48Cl4F2N6O5. The smallest absolute Gasteiger partial charge is 0.318 e. The van der Waals surface area contributed by atoms with Gasteiger partial charge in [0.1, 0.15) is 29.7 Å². The average molecular weight is 969 g/mol. The first-order valence-corrected chi connectivity index (χ1v) is 21.8. The molecule has 65 heavy (non-hydrogen) atoms. The first kappa shape index (κ1) is 50.1. The molecule has 2 aromatic heterocycles. The molecule has 0 bridgehead atoms. The Bertz CT molecular complexity index is 2590. The van der Waals surface area contributed by atoms with Crippen molar-refractivity contribution in [2.24, 2.45) is 0 Å². The first-order chi connectivity index (χ1) is 30.9. The van der Waals surface area contributed by atoms with Gasteiger partial charge in [0.05, 0.1) is 42.9 Å². The Balaban J connectivity index is 0.000000227. The minimum atomic E-state index is -0.420. The number of urea groups is 2. The Morgan fingerprint density at radius 2 is 1.20 bits per heavy atom. The number of methoxy groups -OCH3 is 2. The lowest BCUT2D eigenvalue weighted by molar-refractivity contribution is -0.615. The third-order valence-corrected chi connectivity index (χ3v) is 10.8. The number of halogens is 6. The van der Waals surface area contributed by atoms with Crippen molar-refractivity contribution in [2.45, 2.75) is 33.4 Å². The highest BCUT2D eigenvalue weighted by atomic mass is 35.5. The van der Waals surface area contributed by atoms with Gasteiger partial charge in [-0.15, -0.1) is 23.2 Å². The van der Waals surface area contributed by atoms with Gasteiger partial charge in [-0.3, -0.25) is 4.98 Å². The van der Waals surface area contributed by atoms with Crippen molar-refractivity contribution in [3.63, 3.8) is 0 Å². The summed E-state index contributed by atoms with van der Waals surface area (Å²) in [6.45, 7) is 3.15. The van der Waals surface area contributed by atoms with Crippen LogP contribution in [0.4, 0.5) is 18.4 Å². The normalized spacial score (nSPS) is 12.9. The largest absolute Gasteiger partial charge is 0.618 e. The maximum absolute atomic E-state index is 15.5. The van der Waals surface area contributed by atoms with E-state index in [1.54, 1.807) is 101 Å². The van der Waals surface area contributed by atoms with E-state index in [2.05, 4.69) is 15.6 Å². The monoisotopic (exact) mass is 966 g/mol. The molecule has 6 aromatic rings. The van der Waals surface area contributed by atoms with Crippen LogP contribution >= 0.6 is 46.4 Å². The van der Waals surface area contributed by atoms with Crippen LogP contribution in [-0.4, -0.2) is 72.6 Å². The average Bonchev–Trinajstić information content (AvgIpc) is 3.89. The van der Waals surface area contributed by atoms with E-state index >= 15 is 8.78 Å². The van der Waals surface area contributed by atoms with Gasteiger partial charge in [0.25, 0.3) is 0 Å². The molecule has 2 saturated heterocycles. The third kappa shape index (κ3) is 12.9. The number of carbonyl (C=O) groups excluding carboxylic acids is 2. The van der Waals surface area contributed by atoms with E-state index in [1.807, 2.05) is 12.1 Å². The number of hydrogen-bond donors (Lipinski definition) is 2. The second-order valence-electron chi connectivity index (χ2n) is 14.5. The number of carbonyl (C=O) groups is 2. The molecule has 2 aliphatic rings. The molecule has 0 atom stereocenters. The van der Waals surface area contributed by atoms with E-state index in [9.17, 15) is 14.8 Å². The van der Waals surface area contributed by atoms with E-state index < -0.39 is 5.82 Å². The van der Waals surface area contributed by atoms with Gasteiger partial charge >= 0.3 is 12.1 Å². The van der Waals surface area contributed by atoms with Crippen LogP contribution < -0.4 is 24.8 Å². The minimum Gasteiger partial charge on any atom is -0.618 e. The van der Waals surface area contributed by atoms with Crippen molar-refractivity contribution in [1.82, 2.24) is 25.4 Å². The molecule has 0 radical (unpaired) electrons. The second-order valence-corrected chi connectivity index (χ2v) is 16.2. The van der Waals surface area contributed by atoms with Gasteiger partial charge in [-0.25, -0.2) is 18.4 Å². The summed E-state index contributed by atoms with van der Waals surface area (Å²) in [6, 6.07) is 27.8. The minimum absolute atomic E-state index is 0. The zero-order valence-corrected chi connectivity index (χ0v) is 37.9. The highest BCUT2D eigenvalue weighted by Crippen LogP contribution is 2.37. The lowest BCUT2D eigenvalue weighted by atomic mass is 9.97. The first-order valence-electron chi connectivity index (χ1n) is 20.0. The predicted octanol–water partition coefficient (Wildman–Crippen LogP) is 10.6. The van der Waals surface area contributed by atoms with Crippen LogP contribution in [0.2, 0.25) is 10.0 Å². The Hall–Kier alpha value is -5.86. The number of ether oxygens (including phenoxy) is 2. The lowest BCUT2D eigenvalue weighted by Crippen LogP contribution is -2.37. The van der Waals surface area contributed by atoms with Crippen LogP contribution in [0.3, 0.4) is 0 Å². The summed E-state index contributed by atoms with van der Waals surface area (Å²) in [6.07, 6.45) is 3.77. The van der Waals surface area contributed by atoms with E-state index in [-0.39, 0.29) is 43.6 Å². The number of nitrogens with zero attached hydrogens (tertiary/aromatic N) is 4. The summed E-state index contributed by atoms with van der Waals surface area (Å²) < 4.78 is 42.4. The Labute approximate surface area is 397 Å². The Kier molecular flexibility index (Phi) is 18.4. The van der Waals surface area contributed by atoms with Gasteiger partial charge in [0.15, 0.2) is 6.20 Å². The van der Waals surface area contributed by atoms with Gasteiger partial charge in [0.2, 0.25) is 5.69 Å². The zero-order chi connectivity index (χ0) is 45.8. The summed E-state index contributed by atoms with van der Waals surface area (Å²) in [7, 11) is 3.01. The molecule has 11 nitrogen and oxygen atoms in total. The van der Waals surface area contributed by atoms with Gasteiger partial charge in [0, 0.05) is 66.9 Å². The van der Waals surface area contributed by atoms with Crippen LogP contribution in [0.15, 0.2) is 109 Å². The number of amides is 4. The number of alkyl halides is 2. The number of pyridine rings is 2. The molecular weight excluding hydrogens is 920 g/mol.